The standard InChI is InChI=1S/C12H12BrF2N3O2S/c1-17-4-3-16-11(17)7-18(2)21(19,20)12-9(13)5-8(14)6-10(12)15/h3-6H,7H2,1-2H3. The SMILES string of the molecule is CN(Cc1nccn1C)S(=O)(=O)c1c(F)cc(F)cc1Br. The van der Waals surface area contributed by atoms with E-state index in [-0.39, 0.29) is 11.0 Å². The first kappa shape index (κ1) is 16.1. The highest BCUT2D eigenvalue weighted by Gasteiger charge is 2.28. The highest BCUT2D eigenvalue weighted by molar-refractivity contribution is 9.10. The molecule has 0 aliphatic rings. The lowest BCUT2D eigenvalue weighted by Crippen LogP contribution is -2.28. The summed E-state index contributed by atoms with van der Waals surface area (Å²) >= 11 is 2.89. The molecule has 2 rings (SSSR count). The Labute approximate surface area is 129 Å². The van der Waals surface area contributed by atoms with Crippen LogP contribution in [0, 0.1) is 11.6 Å². The zero-order valence-electron chi connectivity index (χ0n) is 11.2. The molecule has 0 unspecified atom stereocenters. The van der Waals surface area contributed by atoms with Crippen LogP contribution in [0.5, 0.6) is 0 Å². The molecule has 2 aromatic rings. The lowest BCUT2D eigenvalue weighted by Gasteiger charge is -2.18. The summed E-state index contributed by atoms with van der Waals surface area (Å²) in [5.41, 5.74) is 0. The molecule has 0 aliphatic heterocycles. The summed E-state index contributed by atoms with van der Waals surface area (Å²) in [6.45, 7) is -0.0326. The fourth-order valence-electron chi connectivity index (χ4n) is 1.76. The lowest BCUT2D eigenvalue weighted by molar-refractivity contribution is 0.444. The normalized spacial score (nSPS) is 12.1. The van der Waals surface area contributed by atoms with E-state index in [1.165, 1.54) is 13.2 Å². The quantitative estimate of drug-likeness (QED) is 0.818. The number of nitrogens with zero attached hydrogens (tertiary/aromatic N) is 3. The van der Waals surface area contributed by atoms with Gasteiger partial charge >= 0.3 is 0 Å². The van der Waals surface area contributed by atoms with Crippen LogP contribution in [0.4, 0.5) is 8.78 Å². The monoisotopic (exact) mass is 379 g/mol. The number of hydrogen-bond acceptors (Lipinski definition) is 3. The maximum atomic E-state index is 13.8. The molecule has 0 radical (unpaired) electrons. The van der Waals surface area contributed by atoms with Crippen LogP contribution in [0.25, 0.3) is 0 Å². The predicted molar refractivity (Wildman–Crippen MR) is 75.9 cm³/mol. The Hall–Kier alpha value is -1.32. The van der Waals surface area contributed by atoms with Gasteiger partial charge < -0.3 is 4.57 Å². The van der Waals surface area contributed by atoms with Crippen LogP contribution < -0.4 is 0 Å². The van der Waals surface area contributed by atoms with E-state index in [4.69, 9.17) is 0 Å². The fraction of sp³-hybridized carbons (Fsp3) is 0.250. The molecule has 5 nitrogen and oxygen atoms in total. The second kappa shape index (κ2) is 5.82. The van der Waals surface area contributed by atoms with E-state index in [1.54, 1.807) is 17.8 Å². The second-order valence-electron chi connectivity index (χ2n) is 4.41. The van der Waals surface area contributed by atoms with Crippen molar-refractivity contribution in [3.8, 4) is 0 Å². The van der Waals surface area contributed by atoms with Crippen molar-refractivity contribution in [2.45, 2.75) is 11.4 Å². The van der Waals surface area contributed by atoms with Gasteiger partial charge in [-0.15, -0.1) is 0 Å². The summed E-state index contributed by atoms with van der Waals surface area (Å²) in [5.74, 6) is -1.50. The van der Waals surface area contributed by atoms with Crippen LogP contribution in [-0.2, 0) is 23.6 Å². The van der Waals surface area contributed by atoms with Crippen molar-refractivity contribution in [2.75, 3.05) is 7.05 Å². The molecule has 0 saturated heterocycles. The lowest BCUT2D eigenvalue weighted by atomic mass is 10.3. The maximum Gasteiger partial charge on any atom is 0.247 e. The van der Waals surface area contributed by atoms with Gasteiger partial charge in [0.15, 0.2) is 0 Å². The van der Waals surface area contributed by atoms with Crippen molar-refractivity contribution < 1.29 is 17.2 Å². The molecule has 1 heterocycles. The fourth-order valence-corrected chi connectivity index (χ4v) is 3.99. The highest BCUT2D eigenvalue weighted by Crippen LogP contribution is 2.28. The van der Waals surface area contributed by atoms with E-state index in [9.17, 15) is 17.2 Å². The molecule has 0 saturated carbocycles. The van der Waals surface area contributed by atoms with E-state index >= 15 is 0 Å². The van der Waals surface area contributed by atoms with Crippen LogP contribution in [0.2, 0.25) is 0 Å². The third kappa shape index (κ3) is 3.14. The Morgan fingerprint density at radius 3 is 2.57 bits per heavy atom. The van der Waals surface area contributed by atoms with Crippen LogP contribution >= 0.6 is 15.9 Å². The summed E-state index contributed by atoms with van der Waals surface area (Å²) in [5, 5.41) is 0. The Morgan fingerprint density at radius 1 is 1.38 bits per heavy atom. The molecule has 1 aromatic heterocycles. The van der Waals surface area contributed by atoms with E-state index in [1.807, 2.05) is 0 Å². The summed E-state index contributed by atoms with van der Waals surface area (Å²) < 4.78 is 54.2. The zero-order valence-corrected chi connectivity index (χ0v) is 13.6. The van der Waals surface area contributed by atoms with Gasteiger partial charge in [0.1, 0.15) is 22.4 Å². The van der Waals surface area contributed by atoms with Gasteiger partial charge in [0.05, 0.1) is 6.54 Å². The van der Waals surface area contributed by atoms with Crippen LogP contribution in [-0.4, -0.2) is 29.3 Å². The zero-order chi connectivity index (χ0) is 15.8. The minimum absolute atomic E-state index is 0.0326. The molecule has 0 bridgehead atoms. The summed E-state index contributed by atoms with van der Waals surface area (Å²) in [7, 11) is -1.09. The molecular formula is C12H12BrF2N3O2S. The molecule has 0 N–H and O–H groups in total. The highest BCUT2D eigenvalue weighted by atomic mass is 79.9. The van der Waals surface area contributed by atoms with Crippen molar-refractivity contribution in [1.82, 2.24) is 13.9 Å². The largest absolute Gasteiger partial charge is 0.337 e. The summed E-state index contributed by atoms with van der Waals surface area (Å²) in [4.78, 5) is 3.42. The Balaban J connectivity index is 2.40. The number of aromatic nitrogens is 2. The van der Waals surface area contributed by atoms with E-state index in [0.29, 0.717) is 11.9 Å². The van der Waals surface area contributed by atoms with Crippen molar-refractivity contribution >= 4 is 26.0 Å². The predicted octanol–water partition coefficient (Wildman–Crippen LogP) is 2.28. The molecular weight excluding hydrogens is 368 g/mol. The number of sulfonamides is 1. The van der Waals surface area contributed by atoms with Gasteiger partial charge in [0.2, 0.25) is 10.0 Å². The first-order chi connectivity index (χ1) is 9.73. The molecule has 114 valence electrons. The van der Waals surface area contributed by atoms with E-state index < -0.39 is 26.6 Å². The average molecular weight is 380 g/mol. The van der Waals surface area contributed by atoms with Gasteiger partial charge in [-0.1, -0.05) is 0 Å². The molecule has 0 amide bonds. The second-order valence-corrected chi connectivity index (χ2v) is 7.25. The molecule has 0 atom stereocenters. The van der Waals surface area contributed by atoms with Gasteiger partial charge in [-0.05, 0) is 22.0 Å². The maximum absolute atomic E-state index is 13.8. The Morgan fingerprint density at radius 2 is 2.05 bits per heavy atom. The Kier molecular flexibility index (Phi) is 4.45. The number of halogens is 3. The first-order valence-electron chi connectivity index (χ1n) is 5.80. The summed E-state index contributed by atoms with van der Waals surface area (Å²) in [6.07, 6.45) is 3.20. The average Bonchev–Trinajstić information content (AvgIpc) is 2.73. The molecule has 0 spiro atoms. The smallest absolute Gasteiger partial charge is 0.247 e. The number of benzene rings is 1. The molecule has 21 heavy (non-hydrogen) atoms. The number of aryl methyl sites for hydroxylation is 1. The van der Waals surface area contributed by atoms with Crippen molar-refractivity contribution in [3.63, 3.8) is 0 Å². The minimum atomic E-state index is -4.12. The third-order valence-electron chi connectivity index (χ3n) is 2.92. The van der Waals surface area contributed by atoms with Crippen molar-refractivity contribution in [1.29, 1.82) is 0 Å². The van der Waals surface area contributed by atoms with Gasteiger partial charge in [0, 0.05) is 37.0 Å². The molecule has 9 heteroatoms. The van der Waals surface area contributed by atoms with Gasteiger partial charge in [-0.3, -0.25) is 0 Å². The number of imidazole rings is 1. The van der Waals surface area contributed by atoms with Gasteiger partial charge in [-0.2, -0.15) is 4.31 Å². The van der Waals surface area contributed by atoms with Crippen LogP contribution in [0.15, 0.2) is 33.9 Å². The van der Waals surface area contributed by atoms with E-state index in [2.05, 4.69) is 20.9 Å². The molecule has 1 aromatic carbocycles. The third-order valence-corrected chi connectivity index (χ3v) is 5.68. The minimum Gasteiger partial charge on any atom is -0.337 e. The van der Waals surface area contributed by atoms with Gasteiger partial charge in [0.25, 0.3) is 0 Å². The Bertz CT molecular complexity index is 754. The van der Waals surface area contributed by atoms with Gasteiger partial charge in [-0.25, -0.2) is 22.2 Å². The summed E-state index contributed by atoms with van der Waals surface area (Å²) in [6, 6.07) is 1.44. The van der Waals surface area contributed by atoms with Crippen LogP contribution in [0.3, 0.4) is 0 Å². The van der Waals surface area contributed by atoms with Crippen molar-refractivity contribution in [3.05, 3.63) is 46.5 Å². The molecule has 0 fully saturated rings. The number of hydrogen-bond donors (Lipinski definition) is 0. The number of rotatable bonds is 4. The van der Waals surface area contributed by atoms with Crippen LogP contribution in [0.1, 0.15) is 5.82 Å². The van der Waals surface area contributed by atoms with Crippen molar-refractivity contribution in [2.24, 2.45) is 7.05 Å². The van der Waals surface area contributed by atoms with E-state index in [0.717, 1.165) is 10.4 Å². The topological polar surface area (TPSA) is 55.2 Å². The first-order valence-corrected chi connectivity index (χ1v) is 8.04. The molecule has 0 aliphatic carbocycles.